The van der Waals surface area contributed by atoms with Crippen molar-refractivity contribution in [2.75, 3.05) is 10.6 Å². The molecule has 0 fully saturated rings. The number of nitrogens with zero attached hydrogens (tertiary/aromatic N) is 1. The number of amides is 2. The zero-order valence-corrected chi connectivity index (χ0v) is 12.0. The molecule has 2 rings (SSSR count). The van der Waals surface area contributed by atoms with Gasteiger partial charge in [0.1, 0.15) is 10.8 Å². The predicted molar refractivity (Wildman–Crippen MR) is 77.6 cm³/mol. The van der Waals surface area contributed by atoms with Crippen molar-refractivity contribution >= 4 is 34.2 Å². The number of rotatable bonds is 3. The van der Waals surface area contributed by atoms with E-state index in [1.54, 1.807) is 13.8 Å². The summed E-state index contributed by atoms with van der Waals surface area (Å²) in [5.74, 6) is -1.80. The van der Waals surface area contributed by atoms with Crippen LogP contribution in [0.2, 0.25) is 0 Å². The van der Waals surface area contributed by atoms with Crippen molar-refractivity contribution < 1.29 is 19.1 Å². The number of aromatic nitrogens is 1. The van der Waals surface area contributed by atoms with Gasteiger partial charge in [0, 0.05) is 4.88 Å². The summed E-state index contributed by atoms with van der Waals surface area (Å²) in [6.07, 6.45) is 0. The Labute approximate surface area is 123 Å². The van der Waals surface area contributed by atoms with E-state index in [0.29, 0.717) is 5.56 Å². The highest BCUT2D eigenvalue weighted by atomic mass is 32.1. The molecule has 6 nitrogen and oxygen atoms in total. The smallest absolute Gasteiger partial charge is 0.338 e. The van der Waals surface area contributed by atoms with Crippen LogP contribution in [0.25, 0.3) is 0 Å². The molecule has 0 aromatic carbocycles. The minimum Gasteiger partial charge on any atom is -0.478 e. The Bertz CT molecular complexity index is 715. The van der Waals surface area contributed by atoms with E-state index in [1.807, 2.05) is 0 Å². The van der Waals surface area contributed by atoms with E-state index in [9.17, 15) is 19.1 Å². The number of urea groups is 1. The second kappa shape index (κ2) is 5.88. The van der Waals surface area contributed by atoms with Gasteiger partial charge in [0.15, 0.2) is 0 Å². The van der Waals surface area contributed by atoms with Crippen LogP contribution < -0.4 is 10.6 Å². The first-order valence-corrected chi connectivity index (χ1v) is 6.74. The Hall–Kier alpha value is -2.48. The van der Waals surface area contributed by atoms with Crippen molar-refractivity contribution in [3.63, 3.8) is 0 Å². The van der Waals surface area contributed by atoms with E-state index in [1.165, 1.54) is 12.1 Å². The van der Waals surface area contributed by atoms with E-state index in [-0.39, 0.29) is 16.4 Å². The Morgan fingerprint density at radius 3 is 2.62 bits per heavy atom. The second-order valence-electron chi connectivity index (χ2n) is 4.22. The van der Waals surface area contributed by atoms with Gasteiger partial charge < -0.3 is 5.11 Å². The van der Waals surface area contributed by atoms with Gasteiger partial charge in [-0.25, -0.2) is 14.6 Å². The summed E-state index contributed by atoms with van der Waals surface area (Å²) in [6.45, 7) is 3.44. The van der Waals surface area contributed by atoms with E-state index in [2.05, 4.69) is 15.6 Å². The summed E-state index contributed by atoms with van der Waals surface area (Å²) in [4.78, 5) is 27.3. The number of carboxylic acid groups (broad SMARTS) is 1. The summed E-state index contributed by atoms with van der Waals surface area (Å²) >= 11 is 1.16. The van der Waals surface area contributed by atoms with Crippen LogP contribution in [0, 0.1) is 19.8 Å². The molecule has 0 bridgehead atoms. The molecular weight excluding hydrogens is 297 g/mol. The van der Waals surface area contributed by atoms with Crippen molar-refractivity contribution in [1.29, 1.82) is 0 Å². The maximum Gasteiger partial charge on any atom is 0.338 e. The number of carbonyl (C=O) groups is 2. The van der Waals surface area contributed by atoms with Gasteiger partial charge in [-0.05, 0) is 31.5 Å². The van der Waals surface area contributed by atoms with Crippen LogP contribution in [0.5, 0.6) is 0 Å². The lowest BCUT2D eigenvalue weighted by Gasteiger charge is -2.06. The summed E-state index contributed by atoms with van der Waals surface area (Å²) in [5, 5.41) is 14.2. The maximum absolute atomic E-state index is 12.9. The summed E-state index contributed by atoms with van der Waals surface area (Å²) < 4.78 is 12.9. The molecule has 0 aliphatic carbocycles. The number of aryl methyl sites for hydroxylation is 1. The quantitative estimate of drug-likeness (QED) is 0.759. The van der Waals surface area contributed by atoms with E-state index in [0.717, 1.165) is 22.3 Å². The Kier molecular flexibility index (Phi) is 4.18. The zero-order chi connectivity index (χ0) is 15.6. The molecule has 0 aliphatic rings. The predicted octanol–water partition coefficient (Wildman–Crippen LogP) is 3.24. The molecule has 0 unspecified atom stereocenters. The van der Waals surface area contributed by atoms with Gasteiger partial charge in [-0.3, -0.25) is 10.6 Å². The summed E-state index contributed by atoms with van der Waals surface area (Å²) in [7, 11) is 0. The van der Waals surface area contributed by atoms with E-state index in [4.69, 9.17) is 0 Å². The number of nitrogens with one attached hydrogen (secondary N) is 2. The van der Waals surface area contributed by atoms with Crippen molar-refractivity contribution in [3.8, 4) is 0 Å². The van der Waals surface area contributed by atoms with Crippen LogP contribution >= 0.6 is 11.3 Å². The number of thiophene rings is 1. The highest BCUT2D eigenvalue weighted by Gasteiger charge is 2.20. The Morgan fingerprint density at radius 2 is 2.00 bits per heavy atom. The van der Waals surface area contributed by atoms with Crippen LogP contribution in [-0.4, -0.2) is 22.1 Å². The number of carbonyl (C=O) groups excluding carboxylic acids is 1. The number of aromatic carboxylic acids is 1. The average molecular weight is 309 g/mol. The van der Waals surface area contributed by atoms with Crippen LogP contribution in [0.4, 0.5) is 20.0 Å². The molecule has 3 N–H and O–H groups in total. The van der Waals surface area contributed by atoms with Crippen molar-refractivity contribution in [3.05, 3.63) is 40.2 Å². The molecule has 0 saturated heterocycles. The fourth-order valence-corrected chi connectivity index (χ4v) is 2.75. The topological polar surface area (TPSA) is 91.3 Å². The first kappa shape index (κ1) is 14.9. The van der Waals surface area contributed by atoms with Gasteiger partial charge in [-0.15, -0.1) is 11.3 Å². The standard InChI is InChI=1S/C13H12FN3O3S/c1-6-7(2)21-11(10(6)12(18)19)17-13(20)16-9-5-3-4-8(14)15-9/h3-5H,1-2H3,(H,18,19)(H2,15,16,17,20). The molecule has 0 saturated carbocycles. The number of halogens is 1. The number of hydrogen-bond acceptors (Lipinski definition) is 4. The molecule has 110 valence electrons. The minimum atomic E-state index is -1.11. The normalized spacial score (nSPS) is 10.2. The summed E-state index contributed by atoms with van der Waals surface area (Å²) in [6, 6.07) is 3.29. The number of hydrogen-bond donors (Lipinski definition) is 3. The fourth-order valence-electron chi connectivity index (χ4n) is 1.70. The first-order valence-electron chi connectivity index (χ1n) is 5.92. The lowest BCUT2D eigenvalue weighted by atomic mass is 10.1. The minimum absolute atomic E-state index is 0.0365. The second-order valence-corrected chi connectivity index (χ2v) is 5.44. The molecule has 2 heterocycles. The Morgan fingerprint density at radius 1 is 1.29 bits per heavy atom. The number of pyridine rings is 1. The average Bonchev–Trinajstić information content (AvgIpc) is 2.64. The van der Waals surface area contributed by atoms with Crippen molar-refractivity contribution in [2.24, 2.45) is 0 Å². The van der Waals surface area contributed by atoms with Gasteiger partial charge in [-0.2, -0.15) is 4.39 Å². The largest absolute Gasteiger partial charge is 0.478 e. The van der Waals surface area contributed by atoms with E-state index < -0.39 is 17.9 Å². The molecule has 0 atom stereocenters. The van der Waals surface area contributed by atoms with Gasteiger partial charge in [-0.1, -0.05) is 6.07 Å². The van der Waals surface area contributed by atoms with Gasteiger partial charge in [0.05, 0.1) is 5.56 Å². The molecule has 2 amide bonds. The molecule has 0 radical (unpaired) electrons. The first-order chi connectivity index (χ1) is 9.88. The molecule has 2 aromatic heterocycles. The lowest BCUT2D eigenvalue weighted by Crippen LogP contribution is -2.21. The third-order valence-electron chi connectivity index (χ3n) is 2.78. The molecule has 2 aromatic rings. The highest BCUT2D eigenvalue weighted by Crippen LogP contribution is 2.32. The van der Waals surface area contributed by atoms with Crippen molar-refractivity contribution in [2.45, 2.75) is 13.8 Å². The highest BCUT2D eigenvalue weighted by molar-refractivity contribution is 7.16. The van der Waals surface area contributed by atoms with Gasteiger partial charge >= 0.3 is 12.0 Å². The van der Waals surface area contributed by atoms with Crippen molar-refractivity contribution in [1.82, 2.24) is 4.98 Å². The maximum atomic E-state index is 12.9. The number of anilines is 2. The molecule has 0 spiro atoms. The van der Waals surface area contributed by atoms with Crippen LogP contribution in [0.3, 0.4) is 0 Å². The monoisotopic (exact) mass is 309 g/mol. The third kappa shape index (κ3) is 3.34. The molecule has 8 heteroatoms. The van der Waals surface area contributed by atoms with Gasteiger partial charge in [0.2, 0.25) is 5.95 Å². The fraction of sp³-hybridized carbons (Fsp3) is 0.154. The molecule has 21 heavy (non-hydrogen) atoms. The van der Waals surface area contributed by atoms with Gasteiger partial charge in [0.25, 0.3) is 0 Å². The summed E-state index contributed by atoms with van der Waals surface area (Å²) in [5.41, 5.74) is 0.659. The van der Waals surface area contributed by atoms with Crippen LogP contribution in [0.15, 0.2) is 18.2 Å². The number of carboxylic acids is 1. The SMILES string of the molecule is Cc1sc(NC(=O)Nc2cccc(F)n2)c(C(=O)O)c1C. The zero-order valence-electron chi connectivity index (χ0n) is 11.2. The van der Waals surface area contributed by atoms with E-state index >= 15 is 0 Å². The van der Waals surface area contributed by atoms with Crippen LogP contribution in [-0.2, 0) is 0 Å². The van der Waals surface area contributed by atoms with Crippen LogP contribution in [0.1, 0.15) is 20.8 Å². The Balaban J connectivity index is 2.17. The molecule has 0 aliphatic heterocycles. The molecular formula is C13H12FN3O3S. The third-order valence-corrected chi connectivity index (χ3v) is 3.91. The lowest BCUT2D eigenvalue weighted by molar-refractivity contribution is 0.0697.